The SMILES string of the molecule is CCCCOc1ccc([C@@H]2[C@@H](N3C(=O)c4ccccc4C3=O)C(=O)N2c2ccc(C)c(Cl)c2)cc1. The van der Waals surface area contributed by atoms with Crippen molar-refractivity contribution in [3.8, 4) is 5.75 Å². The first-order valence-electron chi connectivity index (χ1n) is 11.7. The third kappa shape index (κ3) is 3.88. The minimum atomic E-state index is -0.950. The van der Waals surface area contributed by atoms with Gasteiger partial charge in [-0.3, -0.25) is 19.3 Å². The molecule has 2 aliphatic rings. The van der Waals surface area contributed by atoms with Gasteiger partial charge in [0.15, 0.2) is 0 Å². The van der Waals surface area contributed by atoms with Crippen molar-refractivity contribution in [1.82, 2.24) is 4.90 Å². The van der Waals surface area contributed by atoms with Gasteiger partial charge in [-0.2, -0.15) is 0 Å². The van der Waals surface area contributed by atoms with Gasteiger partial charge >= 0.3 is 0 Å². The Morgan fingerprint density at radius 3 is 2.11 bits per heavy atom. The number of aryl methyl sites for hydroxylation is 1. The van der Waals surface area contributed by atoms with Gasteiger partial charge in [0, 0.05) is 10.7 Å². The quantitative estimate of drug-likeness (QED) is 0.247. The lowest BCUT2D eigenvalue weighted by Crippen LogP contribution is -2.67. The fourth-order valence-electron chi connectivity index (χ4n) is 4.63. The number of imide groups is 1. The third-order valence-electron chi connectivity index (χ3n) is 6.59. The molecule has 1 fully saturated rings. The average molecular weight is 489 g/mol. The number of benzene rings is 3. The summed E-state index contributed by atoms with van der Waals surface area (Å²) >= 11 is 6.36. The number of carbonyl (C=O) groups is 3. The lowest BCUT2D eigenvalue weighted by atomic mass is 9.86. The Hall–Kier alpha value is -3.64. The molecule has 0 spiro atoms. The summed E-state index contributed by atoms with van der Waals surface area (Å²) in [7, 11) is 0. The number of unbranched alkanes of at least 4 members (excludes halogenated alkanes) is 1. The van der Waals surface area contributed by atoms with Crippen LogP contribution in [0.1, 0.15) is 57.7 Å². The lowest BCUT2D eigenvalue weighted by Gasteiger charge is -2.49. The Morgan fingerprint density at radius 2 is 1.51 bits per heavy atom. The summed E-state index contributed by atoms with van der Waals surface area (Å²) in [5.74, 6) is -0.493. The van der Waals surface area contributed by atoms with E-state index in [0.717, 1.165) is 34.6 Å². The minimum absolute atomic E-state index is 0.320. The number of hydrogen-bond acceptors (Lipinski definition) is 4. The Balaban J connectivity index is 1.52. The molecule has 35 heavy (non-hydrogen) atoms. The molecule has 178 valence electrons. The highest BCUT2D eigenvalue weighted by Crippen LogP contribution is 2.45. The maximum Gasteiger partial charge on any atom is 0.262 e. The summed E-state index contributed by atoms with van der Waals surface area (Å²) in [6.07, 6.45) is 2.00. The molecule has 1 saturated heterocycles. The number of carbonyl (C=O) groups excluding carboxylic acids is 3. The second-order valence-electron chi connectivity index (χ2n) is 8.83. The summed E-state index contributed by atoms with van der Waals surface area (Å²) in [6.45, 7) is 4.62. The molecule has 7 heteroatoms. The largest absolute Gasteiger partial charge is 0.494 e. The summed E-state index contributed by atoms with van der Waals surface area (Å²) in [4.78, 5) is 42.6. The molecular weight excluding hydrogens is 464 g/mol. The molecule has 2 atom stereocenters. The van der Waals surface area contributed by atoms with E-state index in [1.54, 1.807) is 35.2 Å². The van der Waals surface area contributed by atoms with Crippen LogP contribution in [0.3, 0.4) is 0 Å². The molecule has 0 aromatic heterocycles. The van der Waals surface area contributed by atoms with E-state index in [1.807, 2.05) is 43.3 Å². The Labute approximate surface area is 209 Å². The summed E-state index contributed by atoms with van der Waals surface area (Å²) in [5, 5.41) is 0.540. The van der Waals surface area contributed by atoms with Gasteiger partial charge in [0.25, 0.3) is 17.7 Å². The zero-order valence-electron chi connectivity index (χ0n) is 19.5. The first-order valence-corrected chi connectivity index (χ1v) is 12.1. The van der Waals surface area contributed by atoms with E-state index >= 15 is 0 Å². The molecule has 0 unspecified atom stereocenters. The molecule has 0 bridgehead atoms. The van der Waals surface area contributed by atoms with Gasteiger partial charge < -0.3 is 9.64 Å². The van der Waals surface area contributed by atoms with E-state index in [0.29, 0.717) is 28.4 Å². The Morgan fingerprint density at radius 1 is 0.857 bits per heavy atom. The average Bonchev–Trinajstić information content (AvgIpc) is 3.11. The van der Waals surface area contributed by atoms with Gasteiger partial charge in [-0.25, -0.2) is 0 Å². The Kier molecular flexibility index (Phi) is 6.07. The van der Waals surface area contributed by atoms with E-state index in [4.69, 9.17) is 16.3 Å². The van der Waals surface area contributed by atoms with E-state index in [9.17, 15) is 14.4 Å². The van der Waals surface area contributed by atoms with Crippen molar-refractivity contribution in [2.24, 2.45) is 0 Å². The van der Waals surface area contributed by atoms with Crippen LogP contribution >= 0.6 is 11.6 Å². The number of ether oxygens (including phenoxy) is 1. The highest BCUT2D eigenvalue weighted by molar-refractivity contribution is 6.32. The first kappa shape index (κ1) is 23.1. The smallest absolute Gasteiger partial charge is 0.262 e. The van der Waals surface area contributed by atoms with E-state index in [2.05, 4.69) is 6.92 Å². The van der Waals surface area contributed by atoms with Crippen LogP contribution in [0.5, 0.6) is 5.75 Å². The van der Waals surface area contributed by atoms with Gasteiger partial charge in [0.2, 0.25) is 0 Å². The number of anilines is 1. The van der Waals surface area contributed by atoms with Crippen molar-refractivity contribution in [2.75, 3.05) is 11.5 Å². The molecule has 2 heterocycles. The number of hydrogen-bond donors (Lipinski definition) is 0. The number of β-lactam (4-membered cyclic amide) rings is 1. The predicted octanol–water partition coefficient (Wildman–Crippen LogP) is 5.58. The van der Waals surface area contributed by atoms with E-state index < -0.39 is 23.9 Å². The van der Waals surface area contributed by atoms with Crippen LogP contribution in [-0.2, 0) is 4.79 Å². The topological polar surface area (TPSA) is 66.9 Å². The molecule has 6 nitrogen and oxygen atoms in total. The monoisotopic (exact) mass is 488 g/mol. The standard InChI is InChI=1S/C28H25ClN2O4/c1-3-4-15-35-20-13-10-18(11-14-20)24-25(28(34)30(24)19-12-9-17(2)23(29)16-19)31-26(32)21-7-5-6-8-22(21)27(31)33/h5-14,16,24-25H,3-4,15H2,1-2H3/t24-,25-/m1/s1. The van der Waals surface area contributed by atoms with Gasteiger partial charge in [-0.1, -0.05) is 55.3 Å². The maximum absolute atomic E-state index is 13.5. The van der Waals surface area contributed by atoms with Crippen LogP contribution in [0.15, 0.2) is 66.7 Å². The third-order valence-corrected chi connectivity index (χ3v) is 7.00. The normalized spacial score (nSPS) is 19.1. The molecule has 5 rings (SSSR count). The highest BCUT2D eigenvalue weighted by Gasteiger charge is 2.57. The molecule has 2 aliphatic heterocycles. The number of nitrogens with zero attached hydrogens (tertiary/aromatic N) is 2. The van der Waals surface area contributed by atoms with Crippen molar-refractivity contribution in [3.05, 3.63) is 94.0 Å². The molecule has 0 saturated carbocycles. The van der Waals surface area contributed by atoms with Crippen LogP contribution in [0.2, 0.25) is 5.02 Å². The van der Waals surface area contributed by atoms with Gasteiger partial charge in [-0.05, 0) is 60.9 Å². The van der Waals surface area contributed by atoms with Crippen LogP contribution in [0, 0.1) is 6.92 Å². The first-order chi connectivity index (χ1) is 16.9. The number of fused-ring (bicyclic) bond motifs is 1. The number of rotatable bonds is 7. The molecule has 0 N–H and O–H groups in total. The van der Waals surface area contributed by atoms with E-state index in [-0.39, 0.29) is 5.91 Å². The van der Waals surface area contributed by atoms with E-state index in [1.165, 1.54) is 0 Å². The number of amides is 3. The van der Waals surface area contributed by atoms with Crippen LogP contribution in [0.4, 0.5) is 5.69 Å². The molecule has 3 aromatic rings. The van der Waals surface area contributed by atoms with Gasteiger partial charge in [0.05, 0.1) is 23.8 Å². The van der Waals surface area contributed by atoms with Crippen LogP contribution in [0.25, 0.3) is 0 Å². The predicted molar refractivity (Wildman–Crippen MR) is 134 cm³/mol. The lowest BCUT2D eigenvalue weighted by molar-refractivity contribution is -0.130. The molecule has 3 aromatic carbocycles. The van der Waals surface area contributed by atoms with Crippen molar-refractivity contribution >= 4 is 35.0 Å². The second kappa shape index (κ2) is 9.19. The fraction of sp³-hybridized carbons (Fsp3) is 0.250. The maximum atomic E-state index is 13.5. The molecular formula is C28H25ClN2O4. The van der Waals surface area contributed by atoms with Gasteiger partial charge in [-0.15, -0.1) is 0 Å². The van der Waals surface area contributed by atoms with Crippen LogP contribution in [-0.4, -0.2) is 35.3 Å². The van der Waals surface area contributed by atoms with Gasteiger partial charge in [0.1, 0.15) is 11.8 Å². The molecule has 0 radical (unpaired) electrons. The summed E-state index contributed by atoms with van der Waals surface area (Å²) in [5.41, 5.74) is 2.95. The Bertz CT molecular complexity index is 1290. The van der Waals surface area contributed by atoms with Crippen LogP contribution < -0.4 is 9.64 Å². The number of halogens is 1. The zero-order chi connectivity index (χ0) is 24.7. The molecule has 3 amide bonds. The second-order valence-corrected chi connectivity index (χ2v) is 9.24. The van der Waals surface area contributed by atoms with Crippen molar-refractivity contribution < 1.29 is 19.1 Å². The minimum Gasteiger partial charge on any atom is -0.494 e. The summed E-state index contributed by atoms with van der Waals surface area (Å²) in [6, 6.07) is 18.1. The highest BCUT2D eigenvalue weighted by atomic mass is 35.5. The van der Waals surface area contributed by atoms with Crippen molar-refractivity contribution in [3.63, 3.8) is 0 Å². The fourth-order valence-corrected chi connectivity index (χ4v) is 4.81. The zero-order valence-corrected chi connectivity index (χ0v) is 20.3. The molecule has 0 aliphatic carbocycles. The summed E-state index contributed by atoms with van der Waals surface area (Å²) < 4.78 is 5.78. The van der Waals surface area contributed by atoms with Crippen molar-refractivity contribution in [2.45, 2.75) is 38.8 Å². The van der Waals surface area contributed by atoms with Crippen molar-refractivity contribution in [1.29, 1.82) is 0 Å².